The number of benzene rings is 1. The molecular formula is C20H22N2O5S. The number of ether oxygens (including phenoxy) is 1. The summed E-state index contributed by atoms with van der Waals surface area (Å²) in [6.45, 7) is 4.80. The Labute approximate surface area is 167 Å². The molecule has 7 nitrogen and oxygen atoms in total. The highest BCUT2D eigenvalue weighted by Gasteiger charge is 2.43. The van der Waals surface area contributed by atoms with Crippen molar-refractivity contribution in [2.45, 2.75) is 32.2 Å². The van der Waals surface area contributed by atoms with E-state index in [1.165, 1.54) is 29.8 Å². The van der Waals surface area contributed by atoms with Gasteiger partial charge in [-0.05, 0) is 43.2 Å². The van der Waals surface area contributed by atoms with E-state index in [1.54, 1.807) is 12.1 Å². The molecule has 8 heteroatoms. The minimum atomic E-state index is -0.758. The maximum atomic E-state index is 12.5. The van der Waals surface area contributed by atoms with Crippen LogP contribution in [-0.4, -0.2) is 41.1 Å². The summed E-state index contributed by atoms with van der Waals surface area (Å²) < 4.78 is 10.6. The second kappa shape index (κ2) is 8.52. The molecule has 0 radical (unpaired) electrons. The van der Waals surface area contributed by atoms with Crippen LogP contribution in [0.4, 0.5) is 5.69 Å². The Kier molecular flexibility index (Phi) is 6.08. The zero-order valence-electron chi connectivity index (χ0n) is 15.9. The predicted octanol–water partition coefficient (Wildman–Crippen LogP) is 3.04. The van der Waals surface area contributed by atoms with E-state index in [-0.39, 0.29) is 11.3 Å². The predicted molar refractivity (Wildman–Crippen MR) is 106 cm³/mol. The van der Waals surface area contributed by atoms with Crippen LogP contribution in [0.3, 0.4) is 0 Å². The van der Waals surface area contributed by atoms with Crippen molar-refractivity contribution in [3.05, 3.63) is 53.5 Å². The van der Waals surface area contributed by atoms with Crippen molar-refractivity contribution in [2.75, 3.05) is 17.7 Å². The van der Waals surface area contributed by atoms with E-state index in [0.29, 0.717) is 17.2 Å². The van der Waals surface area contributed by atoms with Crippen molar-refractivity contribution < 1.29 is 23.5 Å². The number of carbonyl (C=O) groups is 3. The normalized spacial score (nSPS) is 18.8. The summed E-state index contributed by atoms with van der Waals surface area (Å²) in [6.07, 6.45) is 1.53. The second-order valence-electron chi connectivity index (χ2n) is 6.62. The second-order valence-corrected chi connectivity index (χ2v) is 7.73. The van der Waals surface area contributed by atoms with Crippen molar-refractivity contribution in [3.63, 3.8) is 0 Å². The van der Waals surface area contributed by atoms with Gasteiger partial charge in [0, 0.05) is 18.4 Å². The van der Waals surface area contributed by atoms with Crippen LogP contribution in [-0.2, 0) is 19.1 Å². The average molecular weight is 402 g/mol. The van der Waals surface area contributed by atoms with E-state index in [0.717, 1.165) is 11.1 Å². The number of hydrogen-bond acceptors (Lipinski definition) is 6. The molecule has 3 rings (SSSR count). The van der Waals surface area contributed by atoms with Crippen molar-refractivity contribution in [1.82, 2.24) is 4.90 Å². The highest BCUT2D eigenvalue weighted by atomic mass is 32.2. The number of thioether (sulfide) groups is 1. The van der Waals surface area contributed by atoms with Crippen LogP contribution in [0.25, 0.3) is 0 Å². The van der Waals surface area contributed by atoms with Crippen LogP contribution in [0.15, 0.2) is 41.0 Å². The largest absolute Gasteiger partial charge is 0.466 e. The zero-order valence-corrected chi connectivity index (χ0v) is 16.7. The topological polar surface area (TPSA) is 88.8 Å². The molecule has 1 saturated heterocycles. The third-order valence-corrected chi connectivity index (χ3v) is 5.72. The van der Waals surface area contributed by atoms with E-state index in [9.17, 15) is 14.4 Å². The molecule has 1 aliphatic rings. The van der Waals surface area contributed by atoms with E-state index in [2.05, 4.69) is 5.32 Å². The fraction of sp³-hybridized carbons (Fsp3) is 0.350. The third-order valence-electron chi connectivity index (χ3n) is 4.44. The smallest absolute Gasteiger partial charge is 0.330 e. The van der Waals surface area contributed by atoms with Gasteiger partial charge in [0.05, 0.1) is 6.26 Å². The highest BCUT2D eigenvalue weighted by molar-refractivity contribution is 7.99. The van der Waals surface area contributed by atoms with Crippen molar-refractivity contribution in [2.24, 2.45) is 0 Å². The number of furan rings is 1. The molecule has 148 valence electrons. The Hall–Kier alpha value is -2.74. The van der Waals surface area contributed by atoms with Crippen LogP contribution in [0, 0.1) is 13.8 Å². The molecule has 0 bridgehead atoms. The van der Waals surface area contributed by atoms with Crippen LogP contribution in [0.1, 0.15) is 29.2 Å². The van der Waals surface area contributed by atoms with Gasteiger partial charge in [0.2, 0.25) is 5.91 Å². The van der Waals surface area contributed by atoms with Crippen LogP contribution in [0.2, 0.25) is 0 Å². The molecular weight excluding hydrogens is 380 g/mol. The van der Waals surface area contributed by atoms with Crippen LogP contribution in [0.5, 0.6) is 0 Å². The Balaban J connectivity index is 1.60. The highest BCUT2D eigenvalue weighted by Crippen LogP contribution is 2.41. The molecule has 1 aromatic carbocycles. The number of hydrogen-bond donors (Lipinski definition) is 1. The first-order valence-electron chi connectivity index (χ1n) is 8.84. The monoisotopic (exact) mass is 402 g/mol. The summed E-state index contributed by atoms with van der Waals surface area (Å²) in [4.78, 5) is 38.2. The number of nitrogens with one attached hydrogen (secondary N) is 1. The van der Waals surface area contributed by atoms with Gasteiger partial charge in [0.1, 0.15) is 17.2 Å². The molecule has 0 spiro atoms. The molecule has 0 unspecified atom stereocenters. The Morgan fingerprint density at radius 1 is 1.29 bits per heavy atom. The number of amides is 2. The Morgan fingerprint density at radius 2 is 2.07 bits per heavy atom. The van der Waals surface area contributed by atoms with Crippen LogP contribution < -0.4 is 5.32 Å². The van der Waals surface area contributed by atoms with Crippen molar-refractivity contribution in [3.8, 4) is 0 Å². The lowest BCUT2D eigenvalue weighted by Crippen LogP contribution is -2.43. The fourth-order valence-corrected chi connectivity index (χ4v) is 4.43. The molecule has 1 fully saturated rings. The van der Waals surface area contributed by atoms with Gasteiger partial charge in [-0.15, -0.1) is 11.8 Å². The van der Waals surface area contributed by atoms with Gasteiger partial charge in [-0.3, -0.25) is 9.59 Å². The maximum absolute atomic E-state index is 12.5. The first-order chi connectivity index (χ1) is 13.4. The number of rotatable bonds is 5. The zero-order chi connectivity index (χ0) is 20.3. The summed E-state index contributed by atoms with van der Waals surface area (Å²) in [6, 6.07) is 8.46. The Bertz CT molecular complexity index is 881. The standard InChI is InChI=1S/C20H22N2O5S/c1-12-6-7-13(2)15(9-12)21-18(24)10-27-20(25)16-11-28-19(22(16)14(3)23)17-5-4-8-26-17/h4-9,16,19H,10-11H2,1-3H3,(H,21,24)/t16-,19-/m0/s1. The molecule has 28 heavy (non-hydrogen) atoms. The summed E-state index contributed by atoms with van der Waals surface area (Å²) >= 11 is 1.42. The lowest BCUT2D eigenvalue weighted by Gasteiger charge is -2.25. The van der Waals surface area contributed by atoms with Gasteiger partial charge in [-0.1, -0.05) is 12.1 Å². The molecule has 1 aliphatic heterocycles. The molecule has 1 N–H and O–H groups in total. The maximum Gasteiger partial charge on any atom is 0.330 e. The van der Waals surface area contributed by atoms with Gasteiger partial charge >= 0.3 is 5.97 Å². The van der Waals surface area contributed by atoms with E-state index < -0.39 is 24.5 Å². The molecule has 2 amide bonds. The van der Waals surface area contributed by atoms with Gasteiger partial charge < -0.3 is 19.4 Å². The summed E-state index contributed by atoms with van der Waals surface area (Å²) in [5, 5.41) is 2.36. The van der Waals surface area contributed by atoms with Crippen LogP contribution >= 0.6 is 11.8 Å². The number of esters is 1. The average Bonchev–Trinajstić information content (AvgIpc) is 3.31. The van der Waals surface area contributed by atoms with Gasteiger partial charge in [-0.2, -0.15) is 0 Å². The van der Waals surface area contributed by atoms with E-state index in [4.69, 9.17) is 9.15 Å². The van der Waals surface area contributed by atoms with Gasteiger partial charge in [-0.25, -0.2) is 4.79 Å². The van der Waals surface area contributed by atoms with Crippen molar-refractivity contribution in [1.29, 1.82) is 0 Å². The van der Waals surface area contributed by atoms with E-state index in [1.807, 2.05) is 32.0 Å². The summed E-state index contributed by atoms with van der Waals surface area (Å²) in [5.74, 6) is -0.309. The molecule has 2 heterocycles. The quantitative estimate of drug-likeness (QED) is 0.774. The lowest BCUT2D eigenvalue weighted by atomic mass is 10.1. The summed E-state index contributed by atoms with van der Waals surface area (Å²) in [5.41, 5.74) is 2.61. The number of carbonyl (C=O) groups excluding carboxylic acids is 3. The lowest BCUT2D eigenvalue weighted by molar-refractivity contribution is -0.155. The third kappa shape index (κ3) is 4.39. The van der Waals surface area contributed by atoms with Gasteiger partial charge in [0.25, 0.3) is 5.91 Å². The number of anilines is 1. The number of nitrogens with zero attached hydrogens (tertiary/aromatic N) is 1. The fourth-order valence-electron chi connectivity index (χ4n) is 3.01. The first kappa shape index (κ1) is 20.0. The first-order valence-corrected chi connectivity index (χ1v) is 9.89. The SMILES string of the molecule is CC(=O)N1[C@H](C(=O)OCC(=O)Nc2cc(C)ccc2C)CS[C@H]1c1ccco1. The minimum Gasteiger partial charge on any atom is -0.466 e. The molecule has 0 aliphatic carbocycles. The Morgan fingerprint density at radius 3 is 2.75 bits per heavy atom. The van der Waals surface area contributed by atoms with Gasteiger partial charge in [0.15, 0.2) is 6.61 Å². The minimum absolute atomic E-state index is 0.256. The molecule has 2 aromatic rings. The summed E-state index contributed by atoms with van der Waals surface area (Å²) in [7, 11) is 0. The molecule has 2 atom stereocenters. The number of aryl methyl sites for hydroxylation is 2. The molecule has 1 aromatic heterocycles. The van der Waals surface area contributed by atoms with E-state index >= 15 is 0 Å². The molecule has 0 saturated carbocycles. The van der Waals surface area contributed by atoms with Crippen molar-refractivity contribution >= 4 is 35.2 Å².